The molecule has 2 aromatic carbocycles. The fourth-order valence-electron chi connectivity index (χ4n) is 2.01. The third-order valence-electron chi connectivity index (χ3n) is 3.02. The second kappa shape index (κ2) is 6.21. The van der Waals surface area contributed by atoms with E-state index in [-0.39, 0.29) is 17.1 Å². The van der Waals surface area contributed by atoms with Gasteiger partial charge < -0.3 is 16.2 Å². The van der Waals surface area contributed by atoms with E-state index in [9.17, 15) is 13.6 Å². The van der Waals surface area contributed by atoms with E-state index >= 15 is 0 Å². The molecule has 2 aromatic rings. The van der Waals surface area contributed by atoms with Crippen molar-refractivity contribution in [3.05, 3.63) is 59.2 Å². The maximum atomic E-state index is 13.3. The van der Waals surface area contributed by atoms with E-state index in [1.165, 1.54) is 18.2 Å². The van der Waals surface area contributed by atoms with Crippen LogP contribution in [0.15, 0.2) is 36.4 Å². The number of hydrogen-bond donors (Lipinski definition) is 3. The molecular weight excluding hydrogens is 278 g/mol. The number of nitrogen functional groups attached to an aromatic ring is 1. The maximum Gasteiger partial charge on any atom is 0.340 e. The Morgan fingerprint density at radius 1 is 1.24 bits per heavy atom. The molecular formula is C15H14F2N2O2. The molecule has 4 N–H and O–H groups in total. The topological polar surface area (TPSA) is 75.3 Å². The number of halogens is 2. The zero-order valence-corrected chi connectivity index (χ0v) is 11.1. The minimum absolute atomic E-state index is 0.234. The van der Waals surface area contributed by atoms with Crippen LogP contribution in [0.1, 0.15) is 15.9 Å². The van der Waals surface area contributed by atoms with Gasteiger partial charge in [-0.15, -0.1) is 0 Å². The van der Waals surface area contributed by atoms with Gasteiger partial charge >= 0.3 is 5.97 Å². The fraction of sp³-hybridized carbons (Fsp3) is 0.133. The summed E-state index contributed by atoms with van der Waals surface area (Å²) in [5, 5.41) is 12.0. The zero-order valence-electron chi connectivity index (χ0n) is 11.1. The highest BCUT2D eigenvalue weighted by Crippen LogP contribution is 2.25. The van der Waals surface area contributed by atoms with Crippen LogP contribution in [0.2, 0.25) is 0 Å². The van der Waals surface area contributed by atoms with Gasteiger partial charge in [0.15, 0.2) is 0 Å². The molecule has 21 heavy (non-hydrogen) atoms. The minimum atomic E-state index is -1.31. The second-order valence-electron chi connectivity index (χ2n) is 4.50. The predicted molar refractivity (Wildman–Crippen MR) is 76.4 cm³/mol. The molecule has 0 aliphatic heterocycles. The fourth-order valence-corrected chi connectivity index (χ4v) is 2.01. The molecule has 6 heteroatoms. The van der Waals surface area contributed by atoms with Crippen molar-refractivity contribution in [2.45, 2.75) is 6.42 Å². The first-order valence-corrected chi connectivity index (χ1v) is 6.28. The van der Waals surface area contributed by atoms with Crippen LogP contribution in [-0.4, -0.2) is 17.6 Å². The van der Waals surface area contributed by atoms with E-state index in [0.29, 0.717) is 13.0 Å². The smallest absolute Gasteiger partial charge is 0.340 e. The summed E-state index contributed by atoms with van der Waals surface area (Å²) >= 11 is 0. The second-order valence-corrected chi connectivity index (χ2v) is 4.50. The van der Waals surface area contributed by atoms with Crippen LogP contribution in [-0.2, 0) is 6.42 Å². The molecule has 0 unspecified atom stereocenters. The third kappa shape index (κ3) is 3.47. The quantitative estimate of drug-likeness (QED) is 0.741. The van der Waals surface area contributed by atoms with Gasteiger partial charge in [-0.05, 0) is 36.2 Å². The Bertz CT molecular complexity index is 675. The molecule has 0 atom stereocenters. The van der Waals surface area contributed by atoms with E-state index in [0.717, 1.165) is 11.6 Å². The Morgan fingerprint density at radius 2 is 2.00 bits per heavy atom. The summed E-state index contributed by atoms with van der Waals surface area (Å²) in [5.41, 5.74) is 5.75. The lowest BCUT2D eigenvalue weighted by Gasteiger charge is -2.12. The van der Waals surface area contributed by atoms with Gasteiger partial charge in [0.1, 0.15) is 17.2 Å². The van der Waals surface area contributed by atoms with E-state index in [2.05, 4.69) is 5.32 Å². The highest BCUT2D eigenvalue weighted by atomic mass is 19.1. The Balaban J connectivity index is 2.10. The Hall–Kier alpha value is -2.63. The lowest BCUT2D eigenvalue weighted by molar-refractivity contribution is 0.0698. The Labute approximate surface area is 120 Å². The van der Waals surface area contributed by atoms with Crippen LogP contribution in [0.25, 0.3) is 0 Å². The molecule has 110 valence electrons. The van der Waals surface area contributed by atoms with Gasteiger partial charge in [-0.1, -0.05) is 12.1 Å². The van der Waals surface area contributed by atoms with Gasteiger partial charge in [-0.25, -0.2) is 13.6 Å². The molecule has 2 rings (SSSR count). The maximum absolute atomic E-state index is 13.3. The molecule has 4 nitrogen and oxygen atoms in total. The zero-order chi connectivity index (χ0) is 15.4. The molecule has 0 heterocycles. The van der Waals surface area contributed by atoms with E-state index < -0.39 is 17.5 Å². The van der Waals surface area contributed by atoms with Crippen molar-refractivity contribution in [1.29, 1.82) is 0 Å². The highest BCUT2D eigenvalue weighted by Gasteiger charge is 2.17. The summed E-state index contributed by atoms with van der Waals surface area (Å²) in [6.45, 7) is 0.370. The summed E-state index contributed by atoms with van der Waals surface area (Å²) in [6, 6.07) is 8.54. The highest BCUT2D eigenvalue weighted by molar-refractivity contribution is 6.00. The van der Waals surface area contributed by atoms with E-state index in [1.54, 1.807) is 12.1 Å². The van der Waals surface area contributed by atoms with Crippen molar-refractivity contribution >= 4 is 17.3 Å². The van der Waals surface area contributed by atoms with Crippen LogP contribution >= 0.6 is 0 Å². The monoisotopic (exact) mass is 292 g/mol. The standard InChI is InChI=1S/C15H14F2N2O2/c16-10-3-1-2-9(8-10)6-7-19-12-5-4-11(17)14(18)13(12)15(20)21/h1-5,8,19H,6-7,18H2,(H,20,21). The largest absolute Gasteiger partial charge is 0.478 e. The van der Waals surface area contributed by atoms with Crippen molar-refractivity contribution in [2.75, 3.05) is 17.6 Å². The van der Waals surface area contributed by atoms with E-state index in [4.69, 9.17) is 10.8 Å². The van der Waals surface area contributed by atoms with Crippen molar-refractivity contribution in [3.63, 3.8) is 0 Å². The summed E-state index contributed by atoms with van der Waals surface area (Å²) in [6.07, 6.45) is 0.494. The number of benzene rings is 2. The summed E-state index contributed by atoms with van der Waals surface area (Å²) in [5.74, 6) is -2.41. The number of carboxylic acid groups (broad SMARTS) is 1. The molecule has 0 amide bonds. The number of nitrogens with two attached hydrogens (primary N) is 1. The predicted octanol–water partition coefficient (Wildman–Crippen LogP) is 2.90. The number of carbonyl (C=O) groups is 1. The lowest BCUT2D eigenvalue weighted by atomic mass is 10.1. The van der Waals surface area contributed by atoms with E-state index in [1.807, 2.05) is 0 Å². The molecule has 0 spiro atoms. The number of aromatic carboxylic acids is 1. The molecule has 0 aromatic heterocycles. The molecule has 0 bridgehead atoms. The van der Waals surface area contributed by atoms with Crippen LogP contribution in [0.4, 0.5) is 20.2 Å². The van der Waals surface area contributed by atoms with Gasteiger partial charge in [-0.3, -0.25) is 0 Å². The Morgan fingerprint density at radius 3 is 2.67 bits per heavy atom. The van der Waals surface area contributed by atoms with Gasteiger partial charge in [-0.2, -0.15) is 0 Å². The number of anilines is 2. The minimum Gasteiger partial charge on any atom is -0.478 e. The van der Waals surface area contributed by atoms with Crippen molar-refractivity contribution in [1.82, 2.24) is 0 Å². The summed E-state index contributed by atoms with van der Waals surface area (Å²) < 4.78 is 26.3. The van der Waals surface area contributed by atoms with Crippen LogP contribution < -0.4 is 11.1 Å². The van der Waals surface area contributed by atoms with Gasteiger partial charge in [0.05, 0.1) is 11.4 Å². The number of hydrogen-bond acceptors (Lipinski definition) is 3. The lowest BCUT2D eigenvalue weighted by Crippen LogP contribution is -2.12. The number of nitrogens with one attached hydrogen (secondary N) is 1. The molecule has 0 radical (unpaired) electrons. The average molecular weight is 292 g/mol. The van der Waals surface area contributed by atoms with Crippen molar-refractivity contribution < 1.29 is 18.7 Å². The van der Waals surface area contributed by atoms with Gasteiger partial charge in [0.25, 0.3) is 0 Å². The number of rotatable bonds is 5. The molecule has 0 aliphatic rings. The summed E-state index contributed by atoms with van der Waals surface area (Å²) in [4.78, 5) is 11.1. The van der Waals surface area contributed by atoms with Crippen molar-refractivity contribution in [2.24, 2.45) is 0 Å². The van der Waals surface area contributed by atoms with Gasteiger partial charge in [0.2, 0.25) is 0 Å². The van der Waals surface area contributed by atoms with Crippen LogP contribution in [0.5, 0.6) is 0 Å². The molecule has 0 saturated heterocycles. The Kier molecular flexibility index (Phi) is 4.37. The normalized spacial score (nSPS) is 10.4. The van der Waals surface area contributed by atoms with Crippen LogP contribution in [0, 0.1) is 11.6 Å². The first-order valence-electron chi connectivity index (χ1n) is 6.28. The summed E-state index contributed by atoms with van der Waals surface area (Å²) in [7, 11) is 0. The van der Waals surface area contributed by atoms with Crippen LogP contribution in [0.3, 0.4) is 0 Å². The van der Waals surface area contributed by atoms with Crippen molar-refractivity contribution in [3.8, 4) is 0 Å². The average Bonchev–Trinajstić information content (AvgIpc) is 2.42. The SMILES string of the molecule is Nc1c(F)ccc(NCCc2cccc(F)c2)c1C(=O)O. The first-order chi connectivity index (χ1) is 9.99. The molecule has 0 fully saturated rings. The molecule has 0 saturated carbocycles. The third-order valence-corrected chi connectivity index (χ3v) is 3.02. The number of carboxylic acids is 1. The first kappa shape index (κ1) is 14.8. The molecule has 0 aliphatic carbocycles. The van der Waals surface area contributed by atoms with Gasteiger partial charge in [0, 0.05) is 6.54 Å².